The molecule has 2 aromatic rings. The van der Waals surface area contributed by atoms with Crippen molar-refractivity contribution in [3.8, 4) is 0 Å². The molecule has 0 amide bonds. The van der Waals surface area contributed by atoms with Crippen LogP contribution in [0.3, 0.4) is 0 Å². The molecule has 7 heteroatoms. The van der Waals surface area contributed by atoms with Crippen molar-refractivity contribution in [2.75, 3.05) is 0 Å². The van der Waals surface area contributed by atoms with E-state index in [1.807, 2.05) is 6.92 Å². The van der Waals surface area contributed by atoms with Crippen LogP contribution in [0.2, 0.25) is 0 Å². The van der Waals surface area contributed by atoms with Crippen molar-refractivity contribution in [1.29, 1.82) is 0 Å². The molecule has 15 heavy (non-hydrogen) atoms. The summed E-state index contributed by atoms with van der Waals surface area (Å²) in [6.07, 6.45) is 0.990. The number of nitrogens with one attached hydrogen (secondary N) is 1. The van der Waals surface area contributed by atoms with E-state index in [0.717, 1.165) is 0 Å². The van der Waals surface area contributed by atoms with Gasteiger partial charge in [0, 0.05) is 0 Å². The van der Waals surface area contributed by atoms with Crippen molar-refractivity contribution in [3.05, 3.63) is 11.0 Å². The first-order valence-corrected chi connectivity index (χ1v) is 4.98. The molecule has 0 spiro atoms. The highest BCUT2D eigenvalue weighted by molar-refractivity contribution is 7.71. The number of aliphatic hydroxyl groups is 1. The molecule has 2 unspecified atom stereocenters. The highest BCUT2D eigenvalue weighted by atomic mass is 32.1. The summed E-state index contributed by atoms with van der Waals surface area (Å²) in [6.45, 7) is 3.56. The van der Waals surface area contributed by atoms with E-state index in [0.29, 0.717) is 15.8 Å². The Bertz CT molecular complexity index is 531. The molecule has 0 bridgehead atoms. The standard InChI is InChI=1S/C8H11N5OS/c1-4(5(2)14)13-7-6(11-12-13)8(15)10-3-9-7/h3-5,14H,1-2H3,(H,9,10,15). The number of hydrogen-bond donors (Lipinski definition) is 2. The van der Waals surface area contributed by atoms with E-state index in [9.17, 15) is 5.11 Å². The average molecular weight is 225 g/mol. The maximum absolute atomic E-state index is 9.48. The molecule has 0 saturated carbocycles. The molecule has 2 heterocycles. The Labute approximate surface area is 91.0 Å². The second-order valence-electron chi connectivity index (χ2n) is 3.42. The molecule has 6 nitrogen and oxygen atoms in total. The normalized spacial score (nSPS) is 15.4. The third-order valence-electron chi connectivity index (χ3n) is 2.36. The predicted molar refractivity (Wildman–Crippen MR) is 56.9 cm³/mol. The van der Waals surface area contributed by atoms with Crippen LogP contribution in [0.25, 0.3) is 11.2 Å². The van der Waals surface area contributed by atoms with Gasteiger partial charge in [-0.05, 0) is 13.8 Å². The molecule has 0 aliphatic carbocycles. The van der Waals surface area contributed by atoms with Crippen molar-refractivity contribution in [2.24, 2.45) is 0 Å². The summed E-state index contributed by atoms with van der Waals surface area (Å²) >= 11 is 5.01. The molecule has 2 N–H and O–H groups in total. The van der Waals surface area contributed by atoms with Gasteiger partial charge in [0.2, 0.25) is 0 Å². The van der Waals surface area contributed by atoms with E-state index in [2.05, 4.69) is 20.3 Å². The summed E-state index contributed by atoms with van der Waals surface area (Å²) in [4.78, 5) is 6.83. The van der Waals surface area contributed by atoms with Crippen LogP contribution in [-0.2, 0) is 0 Å². The van der Waals surface area contributed by atoms with E-state index in [4.69, 9.17) is 12.2 Å². The molecule has 0 radical (unpaired) electrons. The van der Waals surface area contributed by atoms with Crippen LogP contribution in [0.5, 0.6) is 0 Å². The van der Waals surface area contributed by atoms with Crippen molar-refractivity contribution < 1.29 is 5.11 Å². The summed E-state index contributed by atoms with van der Waals surface area (Å²) in [7, 11) is 0. The van der Waals surface area contributed by atoms with E-state index >= 15 is 0 Å². The Morgan fingerprint density at radius 2 is 2.27 bits per heavy atom. The summed E-state index contributed by atoms with van der Waals surface area (Å²) in [5.41, 5.74) is 1.24. The first-order valence-electron chi connectivity index (χ1n) is 4.58. The Morgan fingerprint density at radius 3 is 2.93 bits per heavy atom. The van der Waals surface area contributed by atoms with Gasteiger partial charge in [0.15, 0.2) is 15.8 Å². The molecule has 0 saturated heterocycles. The number of nitrogens with zero attached hydrogens (tertiary/aromatic N) is 4. The number of fused-ring (bicyclic) bond motifs is 1. The summed E-state index contributed by atoms with van der Waals surface area (Å²) in [5, 5.41) is 17.3. The lowest BCUT2D eigenvalue weighted by atomic mass is 10.2. The molecule has 0 aliphatic rings. The molecule has 80 valence electrons. The minimum absolute atomic E-state index is 0.164. The Hall–Kier alpha value is -1.34. The quantitative estimate of drug-likeness (QED) is 0.740. The Balaban J connectivity index is 2.64. The number of hydrogen-bond acceptors (Lipinski definition) is 5. The average Bonchev–Trinajstić information content (AvgIpc) is 2.61. The lowest BCUT2D eigenvalue weighted by molar-refractivity contribution is 0.133. The third-order valence-corrected chi connectivity index (χ3v) is 2.66. The maximum atomic E-state index is 9.48. The molecule has 2 atom stereocenters. The van der Waals surface area contributed by atoms with E-state index in [-0.39, 0.29) is 6.04 Å². The largest absolute Gasteiger partial charge is 0.391 e. The molecule has 0 fully saturated rings. The van der Waals surface area contributed by atoms with Gasteiger partial charge < -0.3 is 10.1 Å². The van der Waals surface area contributed by atoms with E-state index in [1.165, 1.54) is 6.33 Å². The fourth-order valence-corrected chi connectivity index (χ4v) is 1.46. The highest BCUT2D eigenvalue weighted by Crippen LogP contribution is 2.15. The number of rotatable bonds is 2. The first kappa shape index (κ1) is 10.2. The minimum atomic E-state index is -0.509. The monoisotopic (exact) mass is 225 g/mol. The number of aromatic nitrogens is 5. The van der Waals surface area contributed by atoms with Crippen LogP contribution in [0.1, 0.15) is 19.9 Å². The second kappa shape index (κ2) is 3.67. The van der Waals surface area contributed by atoms with Crippen LogP contribution < -0.4 is 0 Å². The van der Waals surface area contributed by atoms with Gasteiger partial charge in [-0.15, -0.1) is 5.10 Å². The second-order valence-corrected chi connectivity index (χ2v) is 3.81. The number of aliphatic hydroxyl groups excluding tert-OH is 1. The van der Waals surface area contributed by atoms with Crippen molar-refractivity contribution in [2.45, 2.75) is 26.0 Å². The summed E-state index contributed by atoms with van der Waals surface area (Å²) in [5.74, 6) is 0. The minimum Gasteiger partial charge on any atom is -0.391 e. The molecule has 2 rings (SSSR count). The van der Waals surface area contributed by atoms with Gasteiger partial charge in [-0.25, -0.2) is 9.67 Å². The first-order chi connectivity index (χ1) is 7.11. The molecular weight excluding hydrogens is 214 g/mol. The lowest BCUT2D eigenvalue weighted by Gasteiger charge is -2.14. The zero-order valence-corrected chi connectivity index (χ0v) is 9.19. The van der Waals surface area contributed by atoms with Gasteiger partial charge in [-0.3, -0.25) is 0 Å². The van der Waals surface area contributed by atoms with Crippen LogP contribution >= 0.6 is 12.2 Å². The van der Waals surface area contributed by atoms with Crippen molar-refractivity contribution >= 4 is 23.4 Å². The molecule has 0 aromatic carbocycles. The van der Waals surface area contributed by atoms with Crippen molar-refractivity contribution in [1.82, 2.24) is 25.0 Å². The van der Waals surface area contributed by atoms with E-state index < -0.39 is 6.10 Å². The van der Waals surface area contributed by atoms with Crippen molar-refractivity contribution in [3.63, 3.8) is 0 Å². The SMILES string of the molecule is CC(O)C(C)n1nnc2c(=S)nc[nH]c21. The van der Waals surface area contributed by atoms with E-state index in [1.54, 1.807) is 11.6 Å². The molecule has 0 aliphatic heterocycles. The summed E-state index contributed by atoms with van der Waals surface area (Å²) < 4.78 is 2.02. The van der Waals surface area contributed by atoms with Gasteiger partial charge in [0.05, 0.1) is 18.5 Å². The third kappa shape index (κ3) is 1.64. The van der Waals surface area contributed by atoms with Gasteiger partial charge >= 0.3 is 0 Å². The fourth-order valence-electron chi connectivity index (χ4n) is 1.27. The molecule has 2 aromatic heterocycles. The number of H-pyrrole nitrogens is 1. The van der Waals surface area contributed by atoms with Crippen LogP contribution in [0.4, 0.5) is 0 Å². The lowest BCUT2D eigenvalue weighted by Crippen LogP contribution is -2.19. The van der Waals surface area contributed by atoms with Gasteiger partial charge in [0.1, 0.15) is 0 Å². The zero-order chi connectivity index (χ0) is 11.0. The van der Waals surface area contributed by atoms with Gasteiger partial charge in [0.25, 0.3) is 0 Å². The maximum Gasteiger partial charge on any atom is 0.166 e. The predicted octanol–water partition coefficient (Wildman–Crippen LogP) is 0.826. The Morgan fingerprint density at radius 1 is 1.53 bits per heavy atom. The van der Waals surface area contributed by atoms with Crippen LogP contribution in [0.15, 0.2) is 6.33 Å². The summed E-state index contributed by atoms with van der Waals surface area (Å²) in [6, 6.07) is -0.164. The molecular formula is C8H11N5OS. The number of aromatic amines is 1. The van der Waals surface area contributed by atoms with Crippen LogP contribution in [-0.4, -0.2) is 36.2 Å². The smallest absolute Gasteiger partial charge is 0.166 e. The highest BCUT2D eigenvalue weighted by Gasteiger charge is 2.16. The topological polar surface area (TPSA) is 79.6 Å². The van der Waals surface area contributed by atoms with Crippen LogP contribution in [0, 0.1) is 4.64 Å². The van der Waals surface area contributed by atoms with Gasteiger partial charge in [-0.2, -0.15) is 0 Å². The Kier molecular flexibility index (Phi) is 2.49. The fraction of sp³-hybridized carbons (Fsp3) is 0.500. The zero-order valence-electron chi connectivity index (χ0n) is 8.38. The van der Waals surface area contributed by atoms with Gasteiger partial charge in [-0.1, -0.05) is 17.4 Å².